The Morgan fingerprint density at radius 2 is 2.05 bits per heavy atom. The highest BCUT2D eigenvalue weighted by atomic mass is 16.2. The summed E-state index contributed by atoms with van der Waals surface area (Å²) in [4.78, 5) is 12.2. The van der Waals surface area contributed by atoms with Gasteiger partial charge in [-0.2, -0.15) is 5.10 Å². The Balaban J connectivity index is 2.10. The number of carbonyl (C=O) groups is 1. The predicted octanol–water partition coefficient (Wildman–Crippen LogP) is 2.67. The summed E-state index contributed by atoms with van der Waals surface area (Å²) >= 11 is 0. The Labute approximate surface area is 125 Å². The number of benzene rings is 1. The zero-order valence-electron chi connectivity index (χ0n) is 12.8. The van der Waals surface area contributed by atoms with Gasteiger partial charge in [-0.25, -0.2) is 0 Å². The molecule has 21 heavy (non-hydrogen) atoms. The maximum Gasteiger partial charge on any atom is 0.246 e. The normalized spacial score (nSPS) is 10.6. The number of anilines is 2. The number of para-hydroxylation sites is 1. The standard InChI is InChI=1S/C16H22N4O/c1-4-7-13-8-5-6-9-14(13)18-15(21)10-20-12(3)16(17)11(2)19-20/h5-6,8-9H,4,7,10,17H2,1-3H3,(H,18,21). The first-order valence-electron chi connectivity index (χ1n) is 7.20. The molecule has 1 aromatic heterocycles. The first-order chi connectivity index (χ1) is 10.0. The second-order valence-electron chi connectivity index (χ2n) is 5.20. The van der Waals surface area contributed by atoms with Gasteiger partial charge in [-0.3, -0.25) is 9.48 Å². The minimum absolute atomic E-state index is 0.0934. The highest BCUT2D eigenvalue weighted by Gasteiger charge is 2.12. The molecule has 0 radical (unpaired) electrons. The molecule has 112 valence electrons. The van der Waals surface area contributed by atoms with E-state index >= 15 is 0 Å². The molecule has 0 saturated heterocycles. The average Bonchev–Trinajstić information content (AvgIpc) is 2.69. The molecule has 0 aliphatic rings. The summed E-state index contributed by atoms with van der Waals surface area (Å²) in [5, 5.41) is 7.24. The molecule has 2 aromatic rings. The van der Waals surface area contributed by atoms with Gasteiger partial charge in [0.15, 0.2) is 0 Å². The summed E-state index contributed by atoms with van der Waals surface area (Å²) in [6, 6.07) is 7.89. The number of nitrogen functional groups attached to an aromatic ring is 1. The van der Waals surface area contributed by atoms with E-state index in [1.165, 1.54) is 0 Å². The van der Waals surface area contributed by atoms with Crippen LogP contribution in [0.4, 0.5) is 11.4 Å². The Bertz CT molecular complexity index is 646. The van der Waals surface area contributed by atoms with Gasteiger partial charge in [-0.05, 0) is 31.9 Å². The Hall–Kier alpha value is -2.30. The van der Waals surface area contributed by atoms with E-state index in [2.05, 4.69) is 17.3 Å². The molecular weight excluding hydrogens is 264 g/mol. The first kappa shape index (κ1) is 15.1. The molecule has 3 N–H and O–H groups in total. The second-order valence-corrected chi connectivity index (χ2v) is 5.20. The fraction of sp³-hybridized carbons (Fsp3) is 0.375. The second kappa shape index (κ2) is 6.43. The van der Waals surface area contributed by atoms with Crippen molar-refractivity contribution < 1.29 is 4.79 Å². The predicted molar refractivity (Wildman–Crippen MR) is 85.2 cm³/mol. The van der Waals surface area contributed by atoms with E-state index in [4.69, 9.17) is 5.73 Å². The SMILES string of the molecule is CCCc1ccccc1NC(=O)Cn1nc(C)c(N)c1C. The van der Waals surface area contributed by atoms with E-state index in [1.807, 2.05) is 38.1 Å². The summed E-state index contributed by atoms with van der Waals surface area (Å²) in [5.74, 6) is -0.0934. The minimum atomic E-state index is -0.0934. The Morgan fingerprint density at radius 1 is 1.33 bits per heavy atom. The summed E-state index contributed by atoms with van der Waals surface area (Å²) < 4.78 is 1.64. The Kier molecular flexibility index (Phi) is 4.62. The molecule has 0 saturated carbocycles. The van der Waals surface area contributed by atoms with Crippen LogP contribution in [0.25, 0.3) is 0 Å². The largest absolute Gasteiger partial charge is 0.396 e. The van der Waals surface area contributed by atoms with Gasteiger partial charge in [0.2, 0.25) is 5.91 Å². The number of hydrogen-bond acceptors (Lipinski definition) is 3. The summed E-state index contributed by atoms with van der Waals surface area (Å²) in [7, 11) is 0. The molecule has 0 bridgehead atoms. The molecule has 1 heterocycles. The summed E-state index contributed by atoms with van der Waals surface area (Å²) in [6.45, 7) is 6.00. The van der Waals surface area contributed by atoms with Gasteiger partial charge in [0.05, 0.1) is 17.1 Å². The molecule has 1 amide bonds. The van der Waals surface area contributed by atoms with Gasteiger partial charge in [0.25, 0.3) is 0 Å². The van der Waals surface area contributed by atoms with Crippen LogP contribution in [0, 0.1) is 13.8 Å². The lowest BCUT2D eigenvalue weighted by atomic mass is 10.1. The molecule has 0 aliphatic heterocycles. The van der Waals surface area contributed by atoms with E-state index in [1.54, 1.807) is 4.68 Å². The molecule has 0 spiro atoms. The maximum atomic E-state index is 12.2. The van der Waals surface area contributed by atoms with Crippen LogP contribution in [0.5, 0.6) is 0 Å². The molecule has 5 nitrogen and oxygen atoms in total. The van der Waals surface area contributed by atoms with Crippen LogP contribution in [0.3, 0.4) is 0 Å². The zero-order valence-corrected chi connectivity index (χ0v) is 12.8. The van der Waals surface area contributed by atoms with E-state index in [9.17, 15) is 4.79 Å². The van der Waals surface area contributed by atoms with Crippen molar-refractivity contribution in [1.82, 2.24) is 9.78 Å². The van der Waals surface area contributed by atoms with E-state index in [0.29, 0.717) is 5.69 Å². The van der Waals surface area contributed by atoms with Gasteiger partial charge in [-0.15, -0.1) is 0 Å². The third-order valence-corrected chi connectivity index (χ3v) is 3.54. The average molecular weight is 286 g/mol. The number of hydrogen-bond donors (Lipinski definition) is 2. The topological polar surface area (TPSA) is 72.9 Å². The van der Waals surface area contributed by atoms with Crippen LogP contribution in [0.15, 0.2) is 24.3 Å². The number of nitrogens with one attached hydrogen (secondary N) is 1. The lowest BCUT2D eigenvalue weighted by Gasteiger charge is -2.11. The molecule has 0 unspecified atom stereocenters. The molecule has 0 aliphatic carbocycles. The fourth-order valence-corrected chi connectivity index (χ4v) is 2.32. The third kappa shape index (κ3) is 3.42. The van der Waals surface area contributed by atoms with Gasteiger partial charge in [0, 0.05) is 5.69 Å². The lowest BCUT2D eigenvalue weighted by molar-refractivity contribution is -0.116. The molecule has 0 atom stereocenters. The van der Waals surface area contributed by atoms with E-state index < -0.39 is 0 Å². The molecular formula is C16H22N4O. The molecule has 0 fully saturated rings. The van der Waals surface area contributed by atoms with Crippen molar-refractivity contribution in [3.63, 3.8) is 0 Å². The molecule has 1 aromatic carbocycles. The lowest BCUT2D eigenvalue weighted by Crippen LogP contribution is -2.21. The summed E-state index contributed by atoms with van der Waals surface area (Å²) in [6.07, 6.45) is 1.99. The van der Waals surface area contributed by atoms with Crippen LogP contribution in [-0.4, -0.2) is 15.7 Å². The van der Waals surface area contributed by atoms with Crippen LogP contribution in [-0.2, 0) is 17.8 Å². The van der Waals surface area contributed by atoms with Gasteiger partial charge in [-0.1, -0.05) is 31.5 Å². The number of amides is 1. The third-order valence-electron chi connectivity index (χ3n) is 3.54. The van der Waals surface area contributed by atoms with Crippen molar-refractivity contribution in [2.45, 2.75) is 40.2 Å². The van der Waals surface area contributed by atoms with Crippen molar-refractivity contribution in [3.8, 4) is 0 Å². The van der Waals surface area contributed by atoms with Gasteiger partial charge < -0.3 is 11.1 Å². The van der Waals surface area contributed by atoms with Crippen LogP contribution < -0.4 is 11.1 Å². The van der Waals surface area contributed by atoms with E-state index in [-0.39, 0.29) is 12.5 Å². The highest BCUT2D eigenvalue weighted by Crippen LogP contribution is 2.18. The van der Waals surface area contributed by atoms with Crippen molar-refractivity contribution in [2.75, 3.05) is 11.1 Å². The first-order valence-corrected chi connectivity index (χ1v) is 7.20. The molecule has 5 heteroatoms. The Morgan fingerprint density at radius 3 is 2.67 bits per heavy atom. The van der Waals surface area contributed by atoms with Crippen molar-refractivity contribution in [3.05, 3.63) is 41.2 Å². The van der Waals surface area contributed by atoms with Crippen molar-refractivity contribution >= 4 is 17.3 Å². The number of rotatable bonds is 5. The highest BCUT2D eigenvalue weighted by molar-refractivity contribution is 5.91. The van der Waals surface area contributed by atoms with Crippen LogP contribution in [0.1, 0.15) is 30.3 Å². The van der Waals surface area contributed by atoms with Crippen LogP contribution >= 0.6 is 0 Å². The minimum Gasteiger partial charge on any atom is -0.396 e. The smallest absolute Gasteiger partial charge is 0.246 e. The maximum absolute atomic E-state index is 12.2. The van der Waals surface area contributed by atoms with Crippen molar-refractivity contribution in [2.24, 2.45) is 0 Å². The number of aryl methyl sites for hydroxylation is 2. The number of nitrogens with two attached hydrogens (primary N) is 1. The molecule has 2 rings (SSSR count). The van der Waals surface area contributed by atoms with Crippen molar-refractivity contribution in [1.29, 1.82) is 0 Å². The quantitative estimate of drug-likeness (QED) is 0.887. The fourth-order valence-electron chi connectivity index (χ4n) is 2.32. The zero-order chi connectivity index (χ0) is 15.4. The monoisotopic (exact) mass is 286 g/mol. The van der Waals surface area contributed by atoms with Gasteiger partial charge in [0.1, 0.15) is 6.54 Å². The number of nitrogens with zero attached hydrogens (tertiary/aromatic N) is 2. The number of aromatic nitrogens is 2. The van der Waals surface area contributed by atoms with Gasteiger partial charge >= 0.3 is 0 Å². The van der Waals surface area contributed by atoms with Crippen LogP contribution in [0.2, 0.25) is 0 Å². The van der Waals surface area contributed by atoms with E-state index in [0.717, 1.165) is 35.5 Å². The summed E-state index contributed by atoms with van der Waals surface area (Å²) in [5.41, 5.74) is 10.1. The number of carbonyl (C=O) groups excluding carboxylic acids is 1.